The fraction of sp³-hybridized carbons (Fsp3) is 1.00. The number of halogens is 5. The van der Waals surface area contributed by atoms with Gasteiger partial charge in [0.2, 0.25) is 0 Å². The van der Waals surface area contributed by atoms with Crippen LogP contribution in [0.1, 0.15) is 0 Å². The summed E-state index contributed by atoms with van der Waals surface area (Å²) in [5, 5.41) is 9.13. The molecular formula is C3H2F5NaO. The summed E-state index contributed by atoms with van der Waals surface area (Å²) in [7, 11) is 0. The topological polar surface area (TPSA) is 23.1 Å². The minimum atomic E-state index is -5.70. The van der Waals surface area contributed by atoms with Crippen LogP contribution in [0.2, 0.25) is 0 Å². The van der Waals surface area contributed by atoms with Crippen molar-refractivity contribution in [2.24, 2.45) is 0 Å². The zero-order valence-electron chi connectivity index (χ0n) is 5.01. The smallest absolute Gasteiger partial charge is 0.850 e. The molecular weight excluding hydrogens is 170 g/mol. The zero-order valence-corrected chi connectivity index (χ0v) is 7.01. The standard InChI is InChI=1S/C3H2F5O.Na/c4-2(5,1-9)3(6,7)8;/h1H2;/q-1;+1. The van der Waals surface area contributed by atoms with Crippen LogP contribution in [-0.4, -0.2) is 18.7 Å². The van der Waals surface area contributed by atoms with E-state index < -0.39 is 18.7 Å². The third-order valence-electron chi connectivity index (χ3n) is 0.596. The average molecular weight is 172 g/mol. The Labute approximate surface area is 75.5 Å². The van der Waals surface area contributed by atoms with Crippen molar-refractivity contribution in [3.63, 3.8) is 0 Å². The first-order chi connectivity index (χ1) is 3.81. The van der Waals surface area contributed by atoms with Crippen LogP contribution < -0.4 is 34.7 Å². The van der Waals surface area contributed by atoms with Crippen molar-refractivity contribution in [1.82, 2.24) is 0 Å². The van der Waals surface area contributed by atoms with Gasteiger partial charge in [0.25, 0.3) is 0 Å². The monoisotopic (exact) mass is 172 g/mol. The van der Waals surface area contributed by atoms with E-state index in [9.17, 15) is 22.0 Å². The number of alkyl halides is 5. The molecule has 0 aromatic rings. The Morgan fingerprint density at radius 2 is 1.30 bits per heavy atom. The number of rotatable bonds is 1. The number of hydrogen-bond acceptors (Lipinski definition) is 1. The molecule has 0 rings (SSSR count). The first-order valence-electron chi connectivity index (χ1n) is 1.84. The Balaban J connectivity index is 0. The minimum Gasteiger partial charge on any atom is -0.850 e. The summed E-state index contributed by atoms with van der Waals surface area (Å²) in [6.45, 7) is -2.45. The van der Waals surface area contributed by atoms with Gasteiger partial charge in [0.05, 0.1) is 0 Å². The predicted octanol–water partition coefficient (Wildman–Crippen LogP) is -2.45. The van der Waals surface area contributed by atoms with E-state index in [1.807, 2.05) is 0 Å². The maximum absolute atomic E-state index is 11.2. The molecule has 7 heteroatoms. The molecule has 10 heavy (non-hydrogen) atoms. The average Bonchev–Trinajstić information content (AvgIpc) is 1.64. The molecule has 0 aliphatic heterocycles. The molecule has 0 spiro atoms. The first-order valence-corrected chi connectivity index (χ1v) is 1.84. The molecule has 0 amide bonds. The van der Waals surface area contributed by atoms with E-state index in [2.05, 4.69) is 0 Å². The fourth-order valence-corrected chi connectivity index (χ4v) is 0.0818. The van der Waals surface area contributed by atoms with E-state index in [1.165, 1.54) is 0 Å². The maximum Gasteiger partial charge on any atom is 1.00 e. The molecule has 0 aliphatic carbocycles. The van der Waals surface area contributed by atoms with Crippen LogP contribution in [0.15, 0.2) is 0 Å². The second-order valence-corrected chi connectivity index (χ2v) is 1.35. The molecule has 0 radical (unpaired) electrons. The molecule has 0 bridgehead atoms. The van der Waals surface area contributed by atoms with Gasteiger partial charge in [-0.1, -0.05) is 6.61 Å². The van der Waals surface area contributed by atoms with Gasteiger partial charge in [0.15, 0.2) is 0 Å². The van der Waals surface area contributed by atoms with Gasteiger partial charge >= 0.3 is 41.7 Å². The van der Waals surface area contributed by atoms with Crippen molar-refractivity contribution >= 4 is 0 Å². The molecule has 1 nitrogen and oxygen atoms in total. The molecule has 0 saturated heterocycles. The SMILES string of the molecule is [Na+].[O-]CC(F)(F)C(F)(F)F. The van der Waals surface area contributed by atoms with E-state index in [0.29, 0.717) is 0 Å². The van der Waals surface area contributed by atoms with Gasteiger partial charge in [-0.25, -0.2) is 0 Å². The molecule has 0 atom stereocenters. The Morgan fingerprint density at radius 3 is 1.30 bits per heavy atom. The normalized spacial score (nSPS) is 12.6. The fourth-order valence-electron chi connectivity index (χ4n) is 0.0818. The molecule has 0 aliphatic rings. The molecule has 0 fully saturated rings. The van der Waals surface area contributed by atoms with Crippen molar-refractivity contribution in [2.45, 2.75) is 12.1 Å². The second-order valence-electron chi connectivity index (χ2n) is 1.35. The van der Waals surface area contributed by atoms with Crippen molar-refractivity contribution < 1.29 is 56.6 Å². The van der Waals surface area contributed by atoms with Crippen LogP contribution >= 0.6 is 0 Å². The molecule has 0 N–H and O–H groups in total. The van der Waals surface area contributed by atoms with E-state index in [1.54, 1.807) is 0 Å². The predicted molar refractivity (Wildman–Crippen MR) is 15.9 cm³/mol. The second kappa shape index (κ2) is 3.85. The van der Waals surface area contributed by atoms with Gasteiger partial charge in [-0.2, -0.15) is 22.0 Å². The third kappa shape index (κ3) is 3.14. The Kier molecular flexibility index (Phi) is 5.08. The third-order valence-corrected chi connectivity index (χ3v) is 0.596. The van der Waals surface area contributed by atoms with E-state index >= 15 is 0 Å². The summed E-state index contributed by atoms with van der Waals surface area (Å²) >= 11 is 0. The Morgan fingerprint density at radius 1 is 1.00 bits per heavy atom. The summed E-state index contributed by atoms with van der Waals surface area (Å²) in [6.07, 6.45) is -5.70. The largest absolute Gasteiger partial charge is 1.00 e. The van der Waals surface area contributed by atoms with Gasteiger partial charge in [-0.15, -0.1) is 0 Å². The van der Waals surface area contributed by atoms with Crippen LogP contribution in [-0.2, 0) is 0 Å². The van der Waals surface area contributed by atoms with Gasteiger partial charge in [0.1, 0.15) is 0 Å². The first kappa shape index (κ1) is 13.2. The molecule has 0 aromatic heterocycles. The Hall–Kier alpha value is 0.610. The number of hydrogen-bond donors (Lipinski definition) is 0. The van der Waals surface area contributed by atoms with E-state index in [0.717, 1.165) is 0 Å². The van der Waals surface area contributed by atoms with Gasteiger partial charge in [0, 0.05) is 0 Å². The van der Waals surface area contributed by atoms with E-state index in [-0.39, 0.29) is 29.6 Å². The van der Waals surface area contributed by atoms with Crippen molar-refractivity contribution in [3.05, 3.63) is 0 Å². The molecule has 0 aromatic carbocycles. The van der Waals surface area contributed by atoms with Crippen LogP contribution in [0.5, 0.6) is 0 Å². The van der Waals surface area contributed by atoms with Crippen molar-refractivity contribution in [1.29, 1.82) is 0 Å². The summed E-state index contributed by atoms with van der Waals surface area (Å²) in [4.78, 5) is 0. The van der Waals surface area contributed by atoms with Crippen LogP contribution in [0, 0.1) is 0 Å². The Bertz CT molecular complexity index is 99.6. The molecule has 56 valence electrons. The van der Waals surface area contributed by atoms with Gasteiger partial charge in [-0.05, 0) is 0 Å². The van der Waals surface area contributed by atoms with Crippen LogP contribution in [0.3, 0.4) is 0 Å². The summed E-state index contributed by atoms with van der Waals surface area (Å²) in [6, 6.07) is 0. The quantitative estimate of drug-likeness (QED) is 0.318. The molecule has 0 unspecified atom stereocenters. The van der Waals surface area contributed by atoms with Crippen LogP contribution in [0.25, 0.3) is 0 Å². The summed E-state index contributed by atoms with van der Waals surface area (Å²) in [5.74, 6) is -5.08. The zero-order chi connectivity index (χ0) is 7.71. The summed E-state index contributed by atoms with van der Waals surface area (Å²) in [5.41, 5.74) is 0. The summed E-state index contributed by atoms with van der Waals surface area (Å²) < 4.78 is 55.1. The molecule has 0 heterocycles. The van der Waals surface area contributed by atoms with E-state index in [4.69, 9.17) is 5.11 Å². The maximum atomic E-state index is 11.2. The van der Waals surface area contributed by atoms with Crippen molar-refractivity contribution in [2.75, 3.05) is 6.61 Å². The minimum absolute atomic E-state index is 0. The van der Waals surface area contributed by atoms with Gasteiger partial charge < -0.3 is 5.11 Å². The molecule has 0 saturated carbocycles. The van der Waals surface area contributed by atoms with Crippen molar-refractivity contribution in [3.8, 4) is 0 Å². The van der Waals surface area contributed by atoms with Gasteiger partial charge in [-0.3, -0.25) is 0 Å². The van der Waals surface area contributed by atoms with Crippen LogP contribution in [0.4, 0.5) is 22.0 Å².